The van der Waals surface area contributed by atoms with Crippen LogP contribution in [0, 0.1) is 0 Å². The highest BCUT2D eigenvalue weighted by Crippen LogP contribution is 2.31. The lowest BCUT2D eigenvalue weighted by Gasteiger charge is -2.28. The van der Waals surface area contributed by atoms with Gasteiger partial charge in [-0.2, -0.15) is 0 Å². The van der Waals surface area contributed by atoms with Crippen LogP contribution in [0.3, 0.4) is 0 Å². The summed E-state index contributed by atoms with van der Waals surface area (Å²) in [6.07, 6.45) is 1.81. The highest BCUT2D eigenvalue weighted by molar-refractivity contribution is 9.10. The summed E-state index contributed by atoms with van der Waals surface area (Å²) in [6, 6.07) is 8.10. The Labute approximate surface area is 114 Å². The number of anilines is 1. The van der Waals surface area contributed by atoms with E-state index in [1.165, 1.54) is 0 Å². The third-order valence-electron chi connectivity index (χ3n) is 3.12. The van der Waals surface area contributed by atoms with Gasteiger partial charge in [-0.15, -0.1) is 0 Å². The Morgan fingerprint density at radius 3 is 2.61 bits per heavy atom. The van der Waals surface area contributed by atoms with Crippen LogP contribution < -0.4 is 10.2 Å². The van der Waals surface area contributed by atoms with Gasteiger partial charge in [-0.3, -0.25) is 0 Å². The van der Waals surface area contributed by atoms with Crippen molar-refractivity contribution >= 4 is 21.6 Å². The molecule has 0 radical (unpaired) electrons. The molecule has 0 bridgehead atoms. The number of benzene rings is 1. The zero-order valence-corrected chi connectivity index (χ0v) is 11.5. The fraction of sp³-hybridized carbons (Fsp3) is 0.308. The van der Waals surface area contributed by atoms with Crippen molar-refractivity contribution in [2.45, 2.75) is 0 Å². The first-order valence-corrected chi connectivity index (χ1v) is 6.80. The van der Waals surface area contributed by atoms with Crippen molar-refractivity contribution in [1.29, 1.82) is 0 Å². The second-order valence-corrected chi connectivity index (χ2v) is 5.20. The molecule has 0 aliphatic carbocycles. The first kappa shape index (κ1) is 11.7. The molecule has 1 aromatic carbocycles. The van der Waals surface area contributed by atoms with Crippen molar-refractivity contribution in [2.24, 2.45) is 0 Å². The number of nitrogens with one attached hydrogen (secondary N) is 1. The summed E-state index contributed by atoms with van der Waals surface area (Å²) in [5, 5.41) is 7.29. The second kappa shape index (κ2) is 5.12. The standard InChI is InChI=1S/C13H14BrN3O/c14-11-3-1-10(2-4-11)13-12(9-16-18-13)17-7-5-15-6-8-17/h1-4,9,15H,5-8H2. The predicted molar refractivity (Wildman–Crippen MR) is 74.7 cm³/mol. The minimum absolute atomic E-state index is 0.851. The van der Waals surface area contributed by atoms with E-state index in [4.69, 9.17) is 4.52 Å². The van der Waals surface area contributed by atoms with E-state index in [0.717, 1.165) is 47.7 Å². The van der Waals surface area contributed by atoms with Gasteiger partial charge in [-0.25, -0.2) is 0 Å². The Balaban J connectivity index is 1.93. The van der Waals surface area contributed by atoms with Crippen LogP contribution >= 0.6 is 15.9 Å². The Bertz CT molecular complexity index is 517. The fourth-order valence-corrected chi connectivity index (χ4v) is 2.43. The van der Waals surface area contributed by atoms with E-state index in [1.807, 2.05) is 30.5 Å². The lowest BCUT2D eigenvalue weighted by Crippen LogP contribution is -2.43. The van der Waals surface area contributed by atoms with Gasteiger partial charge in [-0.05, 0) is 24.3 Å². The van der Waals surface area contributed by atoms with Crippen LogP contribution in [0.15, 0.2) is 39.5 Å². The minimum Gasteiger partial charge on any atom is -0.365 e. The summed E-state index contributed by atoms with van der Waals surface area (Å²) in [6.45, 7) is 3.99. The first-order valence-electron chi connectivity index (χ1n) is 6.01. The molecule has 1 aliphatic heterocycles. The average Bonchev–Trinajstić information content (AvgIpc) is 2.90. The van der Waals surface area contributed by atoms with Crippen LogP contribution in [0.4, 0.5) is 5.69 Å². The van der Waals surface area contributed by atoms with Crippen molar-refractivity contribution in [3.8, 4) is 11.3 Å². The molecule has 1 saturated heterocycles. The Morgan fingerprint density at radius 1 is 1.17 bits per heavy atom. The van der Waals surface area contributed by atoms with Gasteiger partial charge in [-0.1, -0.05) is 21.1 Å². The normalized spacial score (nSPS) is 15.9. The second-order valence-electron chi connectivity index (χ2n) is 4.28. The molecule has 2 heterocycles. The average molecular weight is 308 g/mol. The summed E-state index contributed by atoms with van der Waals surface area (Å²) in [5.41, 5.74) is 2.14. The zero-order chi connectivity index (χ0) is 12.4. The van der Waals surface area contributed by atoms with Gasteiger partial charge in [0.1, 0.15) is 5.69 Å². The molecule has 18 heavy (non-hydrogen) atoms. The molecule has 2 aromatic rings. The summed E-state index contributed by atoms with van der Waals surface area (Å²) in [5.74, 6) is 0.851. The molecule has 0 atom stereocenters. The molecular formula is C13H14BrN3O. The number of hydrogen-bond donors (Lipinski definition) is 1. The Morgan fingerprint density at radius 2 is 1.89 bits per heavy atom. The number of nitrogens with zero attached hydrogens (tertiary/aromatic N) is 2. The van der Waals surface area contributed by atoms with E-state index in [9.17, 15) is 0 Å². The zero-order valence-electron chi connectivity index (χ0n) is 9.90. The molecule has 0 saturated carbocycles. The minimum atomic E-state index is 0.851. The van der Waals surface area contributed by atoms with Gasteiger partial charge in [0.25, 0.3) is 0 Å². The summed E-state index contributed by atoms with van der Waals surface area (Å²) >= 11 is 3.44. The molecule has 0 spiro atoms. The molecule has 1 aliphatic rings. The molecule has 5 heteroatoms. The fourth-order valence-electron chi connectivity index (χ4n) is 2.17. The van der Waals surface area contributed by atoms with E-state index >= 15 is 0 Å². The molecule has 0 unspecified atom stereocenters. The number of rotatable bonds is 2. The van der Waals surface area contributed by atoms with E-state index < -0.39 is 0 Å². The van der Waals surface area contributed by atoms with Gasteiger partial charge < -0.3 is 14.7 Å². The lowest BCUT2D eigenvalue weighted by atomic mass is 10.1. The molecule has 0 amide bonds. The quantitative estimate of drug-likeness (QED) is 0.925. The maximum Gasteiger partial charge on any atom is 0.190 e. The molecule has 4 nitrogen and oxygen atoms in total. The Kier molecular flexibility index (Phi) is 3.34. The topological polar surface area (TPSA) is 41.3 Å². The van der Waals surface area contributed by atoms with Gasteiger partial charge in [0.05, 0.1) is 6.20 Å². The van der Waals surface area contributed by atoms with Crippen molar-refractivity contribution in [3.63, 3.8) is 0 Å². The van der Waals surface area contributed by atoms with E-state index in [0.29, 0.717) is 0 Å². The van der Waals surface area contributed by atoms with E-state index in [1.54, 1.807) is 0 Å². The molecule has 1 N–H and O–H groups in total. The van der Waals surface area contributed by atoms with Gasteiger partial charge in [0.15, 0.2) is 5.76 Å². The maximum absolute atomic E-state index is 5.42. The summed E-state index contributed by atoms with van der Waals surface area (Å²) in [7, 11) is 0. The third kappa shape index (κ3) is 2.28. The number of halogens is 1. The van der Waals surface area contributed by atoms with Crippen molar-refractivity contribution in [1.82, 2.24) is 10.5 Å². The van der Waals surface area contributed by atoms with Gasteiger partial charge in [0.2, 0.25) is 0 Å². The Hall–Kier alpha value is -1.33. The van der Waals surface area contributed by atoms with Crippen molar-refractivity contribution < 1.29 is 4.52 Å². The summed E-state index contributed by atoms with van der Waals surface area (Å²) in [4.78, 5) is 2.31. The highest BCUT2D eigenvalue weighted by atomic mass is 79.9. The SMILES string of the molecule is Brc1ccc(-c2oncc2N2CCNCC2)cc1. The van der Waals surface area contributed by atoms with Crippen LogP contribution in [-0.4, -0.2) is 31.3 Å². The smallest absolute Gasteiger partial charge is 0.190 e. The molecule has 94 valence electrons. The van der Waals surface area contributed by atoms with Crippen LogP contribution in [0.2, 0.25) is 0 Å². The van der Waals surface area contributed by atoms with Crippen LogP contribution in [0.25, 0.3) is 11.3 Å². The highest BCUT2D eigenvalue weighted by Gasteiger charge is 2.18. The maximum atomic E-state index is 5.42. The number of aromatic nitrogens is 1. The van der Waals surface area contributed by atoms with Crippen LogP contribution in [0.5, 0.6) is 0 Å². The van der Waals surface area contributed by atoms with E-state index in [-0.39, 0.29) is 0 Å². The van der Waals surface area contributed by atoms with E-state index in [2.05, 4.69) is 31.3 Å². The molecular weight excluding hydrogens is 294 g/mol. The molecule has 3 rings (SSSR count). The van der Waals surface area contributed by atoms with Crippen molar-refractivity contribution in [3.05, 3.63) is 34.9 Å². The molecule has 1 aromatic heterocycles. The number of piperazine rings is 1. The van der Waals surface area contributed by atoms with Gasteiger partial charge >= 0.3 is 0 Å². The lowest BCUT2D eigenvalue weighted by molar-refractivity contribution is 0.432. The molecule has 1 fully saturated rings. The third-order valence-corrected chi connectivity index (χ3v) is 3.64. The van der Waals surface area contributed by atoms with Crippen molar-refractivity contribution in [2.75, 3.05) is 31.1 Å². The largest absolute Gasteiger partial charge is 0.365 e. The van der Waals surface area contributed by atoms with Crippen LogP contribution in [-0.2, 0) is 0 Å². The van der Waals surface area contributed by atoms with Crippen LogP contribution in [0.1, 0.15) is 0 Å². The monoisotopic (exact) mass is 307 g/mol. The summed E-state index contributed by atoms with van der Waals surface area (Å²) < 4.78 is 6.48. The first-order chi connectivity index (χ1) is 8.84. The number of hydrogen-bond acceptors (Lipinski definition) is 4. The predicted octanol–water partition coefficient (Wildman–Crippen LogP) is 2.51. The van der Waals surface area contributed by atoms with Gasteiger partial charge in [0, 0.05) is 36.2 Å².